The van der Waals surface area contributed by atoms with Crippen molar-refractivity contribution in [1.82, 2.24) is 10.3 Å². The van der Waals surface area contributed by atoms with Crippen molar-refractivity contribution < 1.29 is 41.7 Å². The van der Waals surface area contributed by atoms with Gasteiger partial charge in [-0.2, -0.15) is 13.2 Å². The van der Waals surface area contributed by atoms with Crippen LogP contribution in [0.15, 0.2) is 42.5 Å². The number of aliphatic hydroxyl groups is 1. The van der Waals surface area contributed by atoms with E-state index in [4.69, 9.17) is 25.1 Å². The number of benzene rings is 2. The van der Waals surface area contributed by atoms with Crippen LogP contribution in [0.3, 0.4) is 0 Å². The number of pyridine rings is 1. The number of aryl methyl sites for hydroxylation is 1. The fourth-order valence-electron chi connectivity index (χ4n) is 4.17. The Morgan fingerprint density at radius 2 is 1.76 bits per heavy atom. The summed E-state index contributed by atoms with van der Waals surface area (Å²) in [5.41, 5.74) is 5.76. The molecule has 1 heterocycles. The number of nitrogens with zero attached hydrogens (tertiary/aromatic N) is 1. The van der Waals surface area contributed by atoms with E-state index in [-0.39, 0.29) is 60.3 Å². The molecule has 1 aromatic heterocycles. The van der Waals surface area contributed by atoms with Crippen LogP contribution in [0.1, 0.15) is 54.4 Å². The standard InChI is InChI=1S/C29H33F4N3O5.CH4/c1-16-12-17(6-8-21(16)30)25-26(40-5)19(28(2,3)34)14-22(36-25)20(29(31,32)33)15-35-27(38)18-7-9-23(41-11-10-37)24(13-18)39-4;/h6-9,12-14,20,37H,10-11,15,34H2,1-5H3,(H,35,38);1H4. The lowest BCUT2D eigenvalue weighted by atomic mass is 9.90. The smallest absolute Gasteiger partial charge is 0.398 e. The Kier molecular flexibility index (Phi) is 11.3. The highest BCUT2D eigenvalue weighted by atomic mass is 19.4. The first-order valence-electron chi connectivity index (χ1n) is 12.6. The van der Waals surface area contributed by atoms with Gasteiger partial charge in [0.05, 0.1) is 26.5 Å². The molecule has 2 aromatic carbocycles. The molecule has 0 saturated carbocycles. The van der Waals surface area contributed by atoms with Gasteiger partial charge in [-0.05, 0) is 68.8 Å². The Balaban J connectivity index is 0.00000616. The van der Waals surface area contributed by atoms with E-state index in [0.717, 1.165) is 0 Å². The van der Waals surface area contributed by atoms with Crippen molar-refractivity contribution in [3.05, 3.63) is 70.7 Å². The Morgan fingerprint density at radius 3 is 2.31 bits per heavy atom. The van der Waals surface area contributed by atoms with Gasteiger partial charge in [-0.25, -0.2) is 9.37 Å². The van der Waals surface area contributed by atoms with Gasteiger partial charge in [0.15, 0.2) is 11.5 Å². The largest absolute Gasteiger partial charge is 0.494 e. The molecule has 1 unspecified atom stereocenters. The van der Waals surface area contributed by atoms with E-state index in [1.165, 1.54) is 63.6 Å². The van der Waals surface area contributed by atoms with Gasteiger partial charge in [0.2, 0.25) is 0 Å². The third kappa shape index (κ3) is 7.89. The average molecular weight is 596 g/mol. The molecular formula is C30H37F4N3O5. The topological polar surface area (TPSA) is 116 Å². The predicted molar refractivity (Wildman–Crippen MR) is 152 cm³/mol. The Labute approximate surface area is 242 Å². The molecule has 3 rings (SSSR count). The van der Waals surface area contributed by atoms with Gasteiger partial charge >= 0.3 is 6.18 Å². The molecule has 42 heavy (non-hydrogen) atoms. The van der Waals surface area contributed by atoms with Gasteiger partial charge in [0.25, 0.3) is 5.91 Å². The molecule has 3 aromatic rings. The van der Waals surface area contributed by atoms with Crippen LogP contribution in [0.5, 0.6) is 17.2 Å². The molecule has 0 aliphatic rings. The highest BCUT2D eigenvalue weighted by molar-refractivity contribution is 5.95. The zero-order valence-corrected chi connectivity index (χ0v) is 23.4. The number of amides is 1. The summed E-state index contributed by atoms with van der Waals surface area (Å²) in [4.78, 5) is 17.2. The lowest BCUT2D eigenvalue weighted by molar-refractivity contribution is -0.149. The first kappa shape index (κ1) is 34.3. The van der Waals surface area contributed by atoms with Gasteiger partial charge in [-0.3, -0.25) is 4.79 Å². The molecular weight excluding hydrogens is 558 g/mol. The fourth-order valence-corrected chi connectivity index (χ4v) is 4.17. The quantitative estimate of drug-likeness (QED) is 0.251. The van der Waals surface area contributed by atoms with Crippen LogP contribution in [-0.2, 0) is 5.54 Å². The molecule has 0 aliphatic carbocycles. The number of halogens is 4. The molecule has 0 radical (unpaired) electrons. The summed E-state index contributed by atoms with van der Waals surface area (Å²) in [5, 5.41) is 11.3. The molecule has 1 atom stereocenters. The lowest BCUT2D eigenvalue weighted by Gasteiger charge is -2.27. The molecule has 230 valence electrons. The number of hydrogen-bond donors (Lipinski definition) is 3. The fraction of sp³-hybridized carbons (Fsp3) is 0.400. The summed E-state index contributed by atoms with van der Waals surface area (Å²) in [5.74, 6) is -2.89. The molecule has 1 amide bonds. The first-order valence-corrected chi connectivity index (χ1v) is 12.6. The number of aliphatic hydroxyl groups excluding tert-OH is 1. The highest BCUT2D eigenvalue weighted by Gasteiger charge is 2.43. The minimum Gasteiger partial charge on any atom is -0.494 e. The van der Waals surface area contributed by atoms with Crippen molar-refractivity contribution >= 4 is 5.91 Å². The van der Waals surface area contributed by atoms with Crippen LogP contribution in [0, 0.1) is 12.7 Å². The van der Waals surface area contributed by atoms with Gasteiger partial charge in [-0.1, -0.05) is 7.43 Å². The second-order valence-electron chi connectivity index (χ2n) is 9.90. The summed E-state index contributed by atoms with van der Waals surface area (Å²) in [7, 11) is 2.69. The highest BCUT2D eigenvalue weighted by Crippen LogP contribution is 2.42. The van der Waals surface area contributed by atoms with Gasteiger partial charge in [0.1, 0.15) is 29.8 Å². The number of alkyl halides is 3. The van der Waals surface area contributed by atoms with Crippen LogP contribution in [0.25, 0.3) is 11.3 Å². The summed E-state index contributed by atoms with van der Waals surface area (Å²) in [6.07, 6.45) is -4.81. The minimum atomic E-state index is -4.81. The number of aromatic nitrogens is 1. The van der Waals surface area contributed by atoms with E-state index in [9.17, 15) is 22.4 Å². The molecule has 0 fully saturated rings. The summed E-state index contributed by atoms with van der Waals surface area (Å²) in [6.45, 7) is 3.66. The maximum atomic E-state index is 14.5. The van der Waals surface area contributed by atoms with E-state index in [1.807, 2.05) is 0 Å². The Hall–Kier alpha value is -3.90. The molecule has 0 aliphatic heterocycles. The van der Waals surface area contributed by atoms with Crippen molar-refractivity contribution in [1.29, 1.82) is 0 Å². The van der Waals surface area contributed by atoms with Gasteiger partial charge in [-0.15, -0.1) is 0 Å². The van der Waals surface area contributed by atoms with E-state index >= 15 is 0 Å². The predicted octanol–water partition coefficient (Wildman–Crippen LogP) is 5.49. The molecule has 0 bridgehead atoms. The van der Waals surface area contributed by atoms with Crippen molar-refractivity contribution in [2.45, 2.75) is 45.8 Å². The van der Waals surface area contributed by atoms with Crippen molar-refractivity contribution in [3.8, 4) is 28.5 Å². The van der Waals surface area contributed by atoms with E-state index in [0.29, 0.717) is 5.56 Å². The molecule has 0 spiro atoms. The number of rotatable bonds is 11. The summed E-state index contributed by atoms with van der Waals surface area (Å²) >= 11 is 0. The third-order valence-corrected chi connectivity index (χ3v) is 6.32. The normalized spacial score (nSPS) is 12.3. The number of ether oxygens (including phenoxy) is 3. The molecule has 0 saturated heterocycles. The van der Waals surface area contributed by atoms with E-state index in [1.54, 1.807) is 13.8 Å². The zero-order chi connectivity index (χ0) is 30.5. The lowest BCUT2D eigenvalue weighted by Crippen LogP contribution is -2.36. The molecule has 8 nitrogen and oxygen atoms in total. The summed E-state index contributed by atoms with van der Waals surface area (Å²) in [6, 6.07) is 9.38. The second kappa shape index (κ2) is 13.8. The first-order chi connectivity index (χ1) is 19.2. The monoisotopic (exact) mass is 595 g/mol. The number of methoxy groups -OCH3 is 2. The number of nitrogens with two attached hydrogens (primary N) is 1. The zero-order valence-electron chi connectivity index (χ0n) is 23.4. The maximum Gasteiger partial charge on any atom is 0.398 e. The van der Waals surface area contributed by atoms with E-state index in [2.05, 4.69) is 10.3 Å². The van der Waals surface area contributed by atoms with Gasteiger partial charge in [0, 0.05) is 28.8 Å². The van der Waals surface area contributed by atoms with Crippen molar-refractivity contribution in [2.24, 2.45) is 5.73 Å². The van der Waals surface area contributed by atoms with Crippen LogP contribution in [-0.4, -0.2) is 56.2 Å². The second-order valence-corrected chi connectivity index (χ2v) is 9.90. The number of nitrogens with one attached hydrogen (secondary N) is 1. The maximum absolute atomic E-state index is 14.5. The van der Waals surface area contributed by atoms with Crippen molar-refractivity contribution in [2.75, 3.05) is 34.0 Å². The van der Waals surface area contributed by atoms with Gasteiger partial charge < -0.3 is 30.4 Å². The van der Waals surface area contributed by atoms with Crippen LogP contribution < -0.4 is 25.3 Å². The molecule has 12 heteroatoms. The Morgan fingerprint density at radius 1 is 1.07 bits per heavy atom. The van der Waals surface area contributed by atoms with Crippen molar-refractivity contribution in [3.63, 3.8) is 0 Å². The SMILES string of the molecule is C.COc1cc(C(=O)NCC(c2cc(C(C)(C)N)c(OC)c(-c3ccc(F)c(C)c3)n2)C(F)(F)F)ccc1OCCO. The number of carbonyl (C=O) groups is 1. The Bertz CT molecular complexity index is 1390. The minimum absolute atomic E-state index is 0. The van der Waals surface area contributed by atoms with Crippen LogP contribution >= 0.6 is 0 Å². The third-order valence-electron chi connectivity index (χ3n) is 6.32. The number of carbonyl (C=O) groups excluding carboxylic acids is 1. The summed E-state index contributed by atoms with van der Waals surface area (Å²) < 4.78 is 73.4. The molecule has 4 N–H and O–H groups in total. The average Bonchev–Trinajstić information content (AvgIpc) is 2.91. The van der Waals surface area contributed by atoms with E-state index < -0.39 is 41.6 Å². The van der Waals surface area contributed by atoms with Crippen LogP contribution in [0.2, 0.25) is 0 Å². The van der Waals surface area contributed by atoms with Crippen LogP contribution in [0.4, 0.5) is 17.6 Å². The number of hydrogen-bond acceptors (Lipinski definition) is 7.